The maximum Gasteiger partial charge on any atom is 0.387 e. The number of alkyl halides is 2. The molecule has 156 valence electrons. The van der Waals surface area contributed by atoms with E-state index in [0.29, 0.717) is 17.6 Å². The Hall–Kier alpha value is -2.62. The predicted molar refractivity (Wildman–Crippen MR) is 104 cm³/mol. The van der Waals surface area contributed by atoms with E-state index < -0.39 is 12.0 Å². The second-order valence-electron chi connectivity index (χ2n) is 7.98. The molecule has 1 unspecified atom stereocenters. The summed E-state index contributed by atoms with van der Waals surface area (Å²) in [6, 6.07) is 7.10. The number of hydrogen-bond donors (Lipinski definition) is 0. The summed E-state index contributed by atoms with van der Waals surface area (Å²) >= 11 is 0. The lowest BCUT2D eigenvalue weighted by molar-refractivity contribution is -0.117. The van der Waals surface area contributed by atoms with Gasteiger partial charge in [0.15, 0.2) is 17.3 Å². The van der Waals surface area contributed by atoms with Crippen LogP contribution in [-0.2, 0) is 10.2 Å². The molecule has 0 heterocycles. The quantitative estimate of drug-likeness (QED) is 0.650. The molecule has 3 rings (SSSR count). The van der Waals surface area contributed by atoms with Crippen LogP contribution in [0, 0.1) is 11.3 Å². The molecule has 0 aromatic heterocycles. The lowest BCUT2D eigenvalue weighted by Gasteiger charge is -2.33. The fourth-order valence-corrected chi connectivity index (χ4v) is 4.11. The third-order valence-corrected chi connectivity index (χ3v) is 5.57. The van der Waals surface area contributed by atoms with E-state index in [0.717, 1.165) is 25.7 Å². The van der Waals surface area contributed by atoms with Gasteiger partial charge in [0.1, 0.15) is 0 Å². The number of nitriles is 1. The Kier molecular flexibility index (Phi) is 6.41. The number of Topliss-reactive ketones (excluding diaryl/α,β-unsaturated/α-hetero) is 1. The summed E-state index contributed by atoms with van der Waals surface area (Å²) in [5, 5.41) is 10.0. The maximum absolute atomic E-state index is 12.8. The highest BCUT2D eigenvalue weighted by atomic mass is 19.3. The van der Waals surface area contributed by atoms with E-state index in [4.69, 9.17) is 4.74 Å². The number of rotatable bonds is 6. The molecule has 29 heavy (non-hydrogen) atoms. The monoisotopic (exact) mass is 404 g/mol. The van der Waals surface area contributed by atoms with Crippen molar-refractivity contribution in [1.29, 1.82) is 5.26 Å². The van der Waals surface area contributed by atoms with E-state index in [2.05, 4.69) is 10.8 Å². The molecule has 0 radical (unpaired) electrons. The molecule has 0 aliphatic heterocycles. The summed E-state index contributed by atoms with van der Waals surface area (Å²) in [5.41, 5.74) is 0.341. The van der Waals surface area contributed by atoms with Crippen LogP contribution in [0.5, 0.6) is 11.5 Å². The smallest absolute Gasteiger partial charge is 0.387 e. The fraction of sp³-hybridized carbons (Fsp3) is 0.545. The number of hydrogen-bond acceptors (Lipinski definition) is 5. The number of carbonyl (C=O) groups excluding carboxylic acids is 1. The van der Waals surface area contributed by atoms with Gasteiger partial charge in [-0.2, -0.15) is 14.0 Å². The molecule has 2 fully saturated rings. The van der Waals surface area contributed by atoms with Crippen molar-refractivity contribution in [1.82, 2.24) is 4.90 Å². The Bertz CT molecular complexity index is 826. The third-order valence-electron chi connectivity index (χ3n) is 5.57. The molecule has 2 saturated carbocycles. The molecule has 1 aromatic carbocycles. The van der Waals surface area contributed by atoms with Gasteiger partial charge in [-0.05, 0) is 49.8 Å². The van der Waals surface area contributed by atoms with Crippen molar-refractivity contribution in [2.24, 2.45) is 0 Å². The lowest BCUT2D eigenvalue weighted by Crippen LogP contribution is -2.33. The Labute approximate surface area is 169 Å². The van der Waals surface area contributed by atoms with Gasteiger partial charge in [-0.1, -0.05) is 6.07 Å². The Morgan fingerprint density at radius 1 is 1.28 bits per heavy atom. The highest BCUT2D eigenvalue weighted by Crippen LogP contribution is 2.43. The average molecular weight is 404 g/mol. The van der Waals surface area contributed by atoms with Crippen molar-refractivity contribution in [2.45, 2.75) is 63.1 Å². The highest BCUT2D eigenvalue weighted by molar-refractivity contribution is 5.96. The molecular weight excluding hydrogens is 378 g/mol. The fourth-order valence-electron chi connectivity index (χ4n) is 4.11. The van der Waals surface area contributed by atoms with E-state index >= 15 is 0 Å². The Morgan fingerprint density at radius 2 is 2.00 bits per heavy atom. The molecule has 7 heteroatoms. The zero-order chi connectivity index (χ0) is 21.0. The largest absolute Gasteiger partial charge is 0.487 e. The standard InChI is InChI=1S/C22H26F2N2O3/c1-26(2)13-15-12-22(14-25,10-9-18(15)27)16-7-8-19(29-21(23)24)20(11-16)28-17-5-3-4-6-17/h7-8,11,13,17,21H,3-6,9-10,12H2,1-2H3/b15-13+. The van der Waals surface area contributed by atoms with E-state index in [-0.39, 0.29) is 36.2 Å². The molecule has 1 aromatic rings. The van der Waals surface area contributed by atoms with Gasteiger partial charge in [0.05, 0.1) is 17.6 Å². The minimum atomic E-state index is -2.96. The number of ether oxygens (including phenoxy) is 2. The van der Waals surface area contributed by atoms with Crippen molar-refractivity contribution >= 4 is 5.78 Å². The van der Waals surface area contributed by atoms with Gasteiger partial charge in [0.25, 0.3) is 0 Å². The van der Waals surface area contributed by atoms with Crippen LogP contribution in [-0.4, -0.2) is 37.5 Å². The molecule has 1 atom stereocenters. The summed E-state index contributed by atoms with van der Waals surface area (Å²) in [5.74, 6) is 0.240. The van der Waals surface area contributed by atoms with Crippen LogP contribution in [0.2, 0.25) is 0 Å². The lowest BCUT2D eigenvalue weighted by atomic mass is 9.68. The normalized spacial score (nSPS) is 24.0. The number of halogens is 2. The molecule has 2 aliphatic carbocycles. The first kappa shape index (κ1) is 21.1. The first-order valence-corrected chi connectivity index (χ1v) is 9.90. The van der Waals surface area contributed by atoms with Crippen molar-refractivity contribution in [3.8, 4) is 17.6 Å². The van der Waals surface area contributed by atoms with Crippen LogP contribution in [0.25, 0.3) is 0 Å². The molecule has 0 amide bonds. The number of carbonyl (C=O) groups is 1. The Morgan fingerprint density at radius 3 is 2.62 bits per heavy atom. The van der Waals surface area contributed by atoms with E-state index in [1.54, 1.807) is 23.2 Å². The van der Waals surface area contributed by atoms with Crippen LogP contribution < -0.4 is 9.47 Å². The van der Waals surface area contributed by atoms with Gasteiger partial charge < -0.3 is 14.4 Å². The van der Waals surface area contributed by atoms with Crippen molar-refractivity contribution in [2.75, 3.05) is 14.1 Å². The maximum atomic E-state index is 12.8. The zero-order valence-electron chi connectivity index (χ0n) is 16.8. The van der Waals surface area contributed by atoms with Crippen molar-refractivity contribution in [3.63, 3.8) is 0 Å². The van der Waals surface area contributed by atoms with Crippen LogP contribution >= 0.6 is 0 Å². The second kappa shape index (κ2) is 8.81. The van der Waals surface area contributed by atoms with E-state index in [1.807, 2.05) is 14.1 Å². The molecule has 0 spiro atoms. The molecule has 0 bridgehead atoms. The molecule has 5 nitrogen and oxygen atoms in total. The number of ketones is 1. The summed E-state index contributed by atoms with van der Waals surface area (Å²) in [6.07, 6.45) is 6.44. The summed E-state index contributed by atoms with van der Waals surface area (Å²) in [4.78, 5) is 14.1. The van der Waals surface area contributed by atoms with Crippen LogP contribution in [0.3, 0.4) is 0 Å². The number of allylic oxidation sites excluding steroid dienone is 1. The van der Waals surface area contributed by atoms with Gasteiger partial charge >= 0.3 is 6.61 Å². The average Bonchev–Trinajstić information content (AvgIpc) is 3.17. The second-order valence-corrected chi connectivity index (χ2v) is 7.98. The van der Waals surface area contributed by atoms with Crippen LogP contribution in [0.4, 0.5) is 8.78 Å². The molecule has 0 saturated heterocycles. The zero-order valence-corrected chi connectivity index (χ0v) is 16.8. The van der Waals surface area contributed by atoms with E-state index in [9.17, 15) is 18.8 Å². The topological polar surface area (TPSA) is 62.6 Å². The minimum Gasteiger partial charge on any atom is -0.487 e. The number of benzene rings is 1. The summed E-state index contributed by atoms with van der Waals surface area (Å²) in [7, 11) is 3.65. The first-order valence-electron chi connectivity index (χ1n) is 9.90. The van der Waals surface area contributed by atoms with Gasteiger partial charge in [-0.15, -0.1) is 0 Å². The number of nitrogens with zero attached hydrogens (tertiary/aromatic N) is 2. The van der Waals surface area contributed by atoms with Gasteiger partial charge in [0.2, 0.25) is 0 Å². The molecule has 2 aliphatic rings. The van der Waals surface area contributed by atoms with Gasteiger partial charge in [-0.3, -0.25) is 4.79 Å². The van der Waals surface area contributed by atoms with Crippen molar-refractivity contribution < 1.29 is 23.0 Å². The van der Waals surface area contributed by atoms with Gasteiger partial charge in [-0.25, -0.2) is 0 Å². The highest BCUT2D eigenvalue weighted by Gasteiger charge is 2.40. The summed E-state index contributed by atoms with van der Waals surface area (Å²) < 4.78 is 36.3. The van der Waals surface area contributed by atoms with Gasteiger partial charge in [0, 0.05) is 38.7 Å². The molecular formula is C22H26F2N2O3. The van der Waals surface area contributed by atoms with Crippen molar-refractivity contribution in [3.05, 3.63) is 35.5 Å². The first-order chi connectivity index (χ1) is 13.8. The third kappa shape index (κ3) is 4.87. The predicted octanol–water partition coefficient (Wildman–Crippen LogP) is 4.57. The SMILES string of the molecule is CN(C)/C=C1\CC(C#N)(c2ccc(OC(F)F)c(OC3CCCC3)c2)CCC1=O. The minimum absolute atomic E-state index is 0.0281. The van der Waals surface area contributed by atoms with E-state index in [1.165, 1.54) is 6.07 Å². The molecule has 0 N–H and O–H groups in total. The van der Waals surface area contributed by atoms with Crippen LogP contribution in [0.1, 0.15) is 50.5 Å². The summed E-state index contributed by atoms with van der Waals surface area (Å²) in [6.45, 7) is -2.96. The Balaban J connectivity index is 1.97. The van der Waals surface area contributed by atoms with Crippen LogP contribution in [0.15, 0.2) is 30.0 Å².